The standard InChI is InChI=1S/C21H20N4O2/c1-2-25-21(27)17-12-6-5-11-16(17)19(24-25)20(26)23-22-18-13-7-9-14-8-3-4-10-15(14)18/h3-6,8,10-12H,2,7,9,13H2,1H3,(H,23,26)/b22-18+. The van der Waals surface area contributed by atoms with Crippen molar-refractivity contribution in [1.82, 2.24) is 15.2 Å². The van der Waals surface area contributed by atoms with Crippen molar-refractivity contribution in [2.75, 3.05) is 0 Å². The molecule has 1 aromatic heterocycles. The van der Waals surface area contributed by atoms with Gasteiger partial charge in [0.05, 0.1) is 11.1 Å². The lowest BCUT2D eigenvalue weighted by Crippen LogP contribution is -2.29. The maximum absolute atomic E-state index is 12.8. The molecule has 6 heteroatoms. The lowest BCUT2D eigenvalue weighted by atomic mass is 9.90. The number of aryl methyl sites for hydroxylation is 2. The molecule has 0 unspecified atom stereocenters. The molecule has 136 valence electrons. The number of carbonyl (C=O) groups excluding carboxylic acids is 1. The molecule has 0 bridgehead atoms. The fourth-order valence-electron chi connectivity index (χ4n) is 3.51. The lowest BCUT2D eigenvalue weighted by Gasteiger charge is -2.17. The van der Waals surface area contributed by atoms with Crippen LogP contribution in [0.15, 0.2) is 58.4 Å². The van der Waals surface area contributed by atoms with Crippen LogP contribution in [0.2, 0.25) is 0 Å². The molecule has 6 nitrogen and oxygen atoms in total. The van der Waals surface area contributed by atoms with Crippen molar-refractivity contribution < 1.29 is 4.79 Å². The van der Waals surface area contributed by atoms with E-state index in [1.165, 1.54) is 10.2 Å². The number of aromatic nitrogens is 2. The Morgan fingerprint density at radius 3 is 2.67 bits per heavy atom. The molecule has 0 radical (unpaired) electrons. The summed E-state index contributed by atoms with van der Waals surface area (Å²) in [5.74, 6) is -0.413. The molecule has 0 saturated carbocycles. The van der Waals surface area contributed by atoms with Crippen molar-refractivity contribution in [3.8, 4) is 0 Å². The molecule has 0 saturated heterocycles. The third-order valence-electron chi connectivity index (χ3n) is 4.86. The second-order valence-corrected chi connectivity index (χ2v) is 6.53. The molecular formula is C21H20N4O2. The molecule has 1 aliphatic rings. The van der Waals surface area contributed by atoms with E-state index in [4.69, 9.17) is 0 Å². The highest BCUT2D eigenvalue weighted by atomic mass is 16.2. The Hall–Kier alpha value is -3.28. The SMILES string of the molecule is CCn1nc(C(=O)N/N=C2\CCCc3ccccc32)c2ccccc2c1=O. The smallest absolute Gasteiger partial charge is 0.267 e. The molecule has 4 rings (SSSR count). The van der Waals surface area contributed by atoms with Crippen LogP contribution in [0, 0.1) is 0 Å². The maximum Gasteiger partial charge on any atom is 0.292 e. The highest BCUT2D eigenvalue weighted by Crippen LogP contribution is 2.21. The van der Waals surface area contributed by atoms with Crippen LogP contribution in [-0.2, 0) is 13.0 Å². The zero-order chi connectivity index (χ0) is 18.8. The van der Waals surface area contributed by atoms with Crippen molar-refractivity contribution in [1.29, 1.82) is 0 Å². The Kier molecular flexibility index (Phi) is 4.54. The number of rotatable bonds is 3. The molecule has 27 heavy (non-hydrogen) atoms. The summed E-state index contributed by atoms with van der Waals surface area (Å²) in [6, 6.07) is 15.2. The highest BCUT2D eigenvalue weighted by Gasteiger charge is 2.18. The number of hydrazone groups is 1. The van der Waals surface area contributed by atoms with Gasteiger partial charge in [0.2, 0.25) is 0 Å². The molecule has 0 spiro atoms. The molecule has 1 heterocycles. The van der Waals surface area contributed by atoms with Crippen LogP contribution < -0.4 is 11.0 Å². The number of carbonyl (C=O) groups is 1. The van der Waals surface area contributed by atoms with E-state index in [2.05, 4.69) is 21.7 Å². The minimum absolute atomic E-state index is 0.197. The van der Waals surface area contributed by atoms with Crippen LogP contribution in [-0.4, -0.2) is 21.4 Å². The summed E-state index contributed by atoms with van der Waals surface area (Å²) in [6.45, 7) is 2.22. The van der Waals surface area contributed by atoms with Crippen LogP contribution in [0.1, 0.15) is 41.4 Å². The second-order valence-electron chi connectivity index (χ2n) is 6.53. The van der Waals surface area contributed by atoms with E-state index in [0.29, 0.717) is 17.3 Å². The van der Waals surface area contributed by atoms with Gasteiger partial charge < -0.3 is 0 Å². The van der Waals surface area contributed by atoms with Gasteiger partial charge >= 0.3 is 0 Å². The van der Waals surface area contributed by atoms with E-state index in [1.54, 1.807) is 24.3 Å². The lowest BCUT2D eigenvalue weighted by molar-refractivity contribution is 0.0949. The first kappa shape index (κ1) is 17.1. The van der Waals surface area contributed by atoms with Crippen LogP contribution in [0.5, 0.6) is 0 Å². The summed E-state index contributed by atoms with van der Waals surface area (Å²) in [7, 11) is 0. The largest absolute Gasteiger partial charge is 0.292 e. The highest BCUT2D eigenvalue weighted by molar-refractivity contribution is 6.07. The number of nitrogens with zero attached hydrogens (tertiary/aromatic N) is 3. The zero-order valence-corrected chi connectivity index (χ0v) is 15.1. The summed E-state index contributed by atoms with van der Waals surface area (Å²) < 4.78 is 1.31. The summed E-state index contributed by atoms with van der Waals surface area (Å²) in [5.41, 5.74) is 5.86. The zero-order valence-electron chi connectivity index (χ0n) is 15.1. The number of benzene rings is 2. The summed E-state index contributed by atoms with van der Waals surface area (Å²) in [4.78, 5) is 25.2. The van der Waals surface area contributed by atoms with E-state index in [-0.39, 0.29) is 11.3 Å². The average Bonchev–Trinajstić information content (AvgIpc) is 2.72. The Bertz CT molecular complexity index is 1110. The van der Waals surface area contributed by atoms with Gasteiger partial charge in [-0.3, -0.25) is 9.59 Å². The second kappa shape index (κ2) is 7.15. The minimum atomic E-state index is -0.413. The number of amides is 1. The predicted molar refractivity (Wildman–Crippen MR) is 105 cm³/mol. The van der Waals surface area contributed by atoms with Crippen molar-refractivity contribution in [3.63, 3.8) is 0 Å². The van der Waals surface area contributed by atoms with Crippen molar-refractivity contribution in [2.45, 2.75) is 32.7 Å². The van der Waals surface area contributed by atoms with Crippen LogP contribution >= 0.6 is 0 Å². The van der Waals surface area contributed by atoms with Crippen LogP contribution in [0.25, 0.3) is 10.8 Å². The predicted octanol–water partition coefficient (Wildman–Crippen LogP) is 2.89. The number of hydrogen-bond acceptors (Lipinski definition) is 4. The Morgan fingerprint density at radius 1 is 1.11 bits per heavy atom. The van der Waals surface area contributed by atoms with Gasteiger partial charge in [0.1, 0.15) is 0 Å². The fourth-order valence-corrected chi connectivity index (χ4v) is 3.51. The first-order chi connectivity index (χ1) is 13.2. The average molecular weight is 360 g/mol. The first-order valence-electron chi connectivity index (χ1n) is 9.14. The molecule has 3 aromatic rings. The van der Waals surface area contributed by atoms with Crippen molar-refractivity contribution in [3.05, 3.63) is 75.7 Å². The van der Waals surface area contributed by atoms with E-state index < -0.39 is 5.91 Å². The molecular weight excluding hydrogens is 340 g/mol. The summed E-state index contributed by atoms with van der Waals surface area (Å²) in [6.07, 6.45) is 2.85. The molecule has 1 amide bonds. The van der Waals surface area contributed by atoms with Gasteiger partial charge in [-0.05, 0) is 37.8 Å². The van der Waals surface area contributed by atoms with Gasteiger partial charge in [-0.2, -0.15) is 10.2 Å². The van der Waals surface area contributed by atoms with E-state index in [9.17, 15) is 9.59 Å². The van der Waals surface area contributed by atoms with Crippen LogP contribution in [0.4, 0.5) is 0 Å². The molecule has 0 fully saturated rings. The molecule has 2 aromatic carbocycles. The fraction of sp³-hybridized carbons (Fsp3) is 0.238. The topological polar surface area (TPSA) is 76.3 Å². The molecule has 1 N–H and O–H groups in total. The van der Waals surface area contributed by atoms with E-state index in [1.807, 2.05) is 25.1 Å². The first-order valence-corrected chi connectivity index (χ1v) is 9.14. The van der Waals surface area contributed by atoms with E-state index >= 15 is 0 Å². The summed E-state index contributed by atoms with van der Waals surface area (Å²) >= 11 is 0. The quantitative estimate of drug-likeness (QED) is 0.730. The Morgan fingerprint density at radius 2 is 1.85 bits per heavy atom. The Labute approximate surface area is 156 Å². The molecule has 0 atom stereocenters. The number of hydrogen-bond donors (Lipinski definition) is 1. The van der Waals surface area contributed by atoms with Crippen molar-refractivity contribution >= 4 is 22.4 Å². The Balaban J connectivity index is 1.71. The van der Waals surface area contributed by atoms with Gasteiger partial charge in [0.15, 0.2) is 5.69 Å². The van der Waals surface area contributed by atoms with Crippen molar-refractivity contribution in [2.24, 2.45) is 5.10 Å². The van der Waals surface area contributed by atoms with Gasteiger partial charge in [0, 0.05) is 17.5 Å². The van der Waals surface area contributed by atoms with Crippen LogP contribution in [0.3, 0.4) is 0 Å². The van der Waals surface area contributed by atoms with E-state index in [0.717, 1.165) is 30.5 Å². The molecule has 1 aliphatic carbocycles. The van der Waals surface area contributed by atoms with Gasteiger partial charge in [-0.25, -0.2) is 10.1 Å². The van der Waals surface area contributed by atoms with Gasteiger partial charge in [-0.1, -0.05) is 42.5 Å². The van der Waals surface area contributed by atoms with Gasteiger partial charge in [-0.15, -0.1) is 0 Å². The number of fused-ring (bicyclic) bond motifs is 2. The third-order valence-corrected chi connectivity index (χ3v) is 4.86. The number of nitrogens with one attached hydrogen (secondary N) is 1. The summed E-state index contributed by atoms with van der Waals surface area (Å²) in [5, 5.41) is 9.64. The van der Waals surface area contributed by atoms with Gasteiger partial charge in [0.25, 0.3) is 11.5 Å². The molecule has 0 aliphatic heterocycles. The maximum atomic E-state index is 12.8. The minimum Gasteiger partial charge on any atom is -0.267 e. The third kappa shape index (κ3) is 3.14. The monoisotopic (exact) mass is 360 g/mol. The normalized spacial score (nSPS) is 14.9.